The van der Waals surface area contributed by atoms with Crippen molar-refractivity contribution in [3.8, 4) is 0 Å². The van der Waals surface area contributed by atoms with Crippen molar-refractivity contribution in [2.75, 3.05) is 13.1 Å². The molecule has 4 N–H and O–H groups in total. The maximum atomic E-state index is 12.0. The highest BCUT2D eigenvalue weighted by Gasteiger charge is 2.43. The van der Waals surface area contributed by atoms with Gasteiger partial charge in [-0.1, -0.05) is 19.3 Å². The van der Waals surface area contributed by atoms with Gasteiger partial charge in [0.25, 0.3) is 0 Å². The molecule has 0 aromatic heterocycles. The summed E-state index contributed by atoms with van der Waals surface area (Å²) in [6.45, 7) is 0.516. The molecule has 1 saturated heterocycles. The highest BCUT2D eigenvalue weighted by atomic mass is 16.4. The Labute approximate surface area is 107 Å². The van der Waals surface area contributed by atoms with Crippen molar-refractivity contribution in [1.29, 1.82) is 0 Å². The Morgan fingerprint density at radius 2 is 1.94 bits per heavy atom. The van der Waals surface area contributed by atoms with Crippen LogP contribution in [0.15, 0.2) is 0 Å². The van der Waals surface area contributed by atoms with Crippen LogP contribution in [0.25, 0.3) is 0 Å². The van der Waals surface area contributed by atoms with Crippen LogP contribution in [0.3, 0.4) is 0 Å². The van der Waals surface area contributed by atoms with E-state index in [2.05, 4.69) is 5.32 Å². The number of nitrogens with zero attached hydrogens (tertiary/aromatic N) is 1. The number of rotatable bonds is 2. The first kappa shape index (κ1) is 13.1. The van der Waals surface area contributed by atoms with E-state index in [4.69, 9.17) is 10.8 Å². The van der Waals surface area contributed by atoms with Gasteiger partial charge in [0.1, 0.15) is 5.54 Å². The maximum absolute atomic E-state index is 12.0. The fraction of sp³-hybridized carbons (Fsp3) is 0.833. The monoisotopic (exact) mass is 255 g/mol. The number of amides is 2. The maximum Gasteiger partial charge on any atom is 0.325 e. The number of nitrogens with one attached hydrogen (secondary N) is 1. The fourth-order valence-electron chi connectivity index (χ4n) is 2.69. The number of urea groups is 1. The third kappa shape index (κ3) is 2.75. The van der Waals surface area contributed by atoms with Gasteiger partial charge in [-0.15, -0.1) is 0 Å². The second-order valence-electron chi connectivity index (χ2n) is 5.42. The molecule has 2 aliphatic rings. The topological polar surface area (TPSA) is 95.7 Å². The van der Waals surface area contributed by atoms with Crippen LogP contribution in [0, 0.1) is 0 Å². The standard InChI is InChI=1S/C12H21N3O3/c13-12(10(16)17)6-7-15(8-12)11(18)14-9-4-2-1-3-5-9/h9H,1-8,13H2,(H,14,18)(H,16,17). The normalized spacial score (nSPS) is 29.3. The molecular formula is C12H21N3O3. The fourth-order valence-corrected chi connectivity index (χ4v) is 2.69. The minimum absolute atomic E-state index is 0.0981. The van der Waals surface area contributed by atoms with E-state index in [9.17, 15) is 9.59 Å². The van der Waals surface area contributed by atoms with Gasteiger partial charge in [-0.05, 0) is 19.3 Å². The van der Waals surface area contributed by atoms with Gasteiger partial charge in [-0.25, -0.2) is 4.79 Å². The summed E-state index contributed by atoms with van der Waals surface area (Å²) in [5.74, 6) is -1.03. The van der Waals surface area contributed by atoms with Gasteiger partial charge in [-0.3, -0.25) is 4.79 Å². The van der Waals surface area contributed by atoms with E-state index < -0.39 is 11.5 Å². The molecule has 1 atom stereocenters. The first-order valence-electron chi connectivity index (χ1n) is 6.59. The van der Waals surface area contributed by atoms with Crippen molar-refractivity contribution in [2.45, 2.75) is 50.1 Å². The summed E-state index contributed by atoms with van der Waals surface area (Å²) in [5, 5.41) is 12.0. The molecule has 6 nitrogen and oxygen atoms in total. The molecule has 102 valence electrons. The van der Waals surface area contributed by atoms with E-state index in [1.807, 2.05) is 0 Å². The number of carboxylic acid groups (broad SMARTS) is 1. The van der Waals surface area contributed by atoms with Gasteiger partial charge in [0, 0.05) is 12.6 Å². The molecule has 0 spiro atoms. The Hall–Kier alpha value is -1.30. The van der Waals surface area contributed by atoms with Crippen LogP contribution in [0.4, 0.5) is 4.79 Å². The molecular weight excluding hydrogens is 234 g/mol. The Morgan fingerprint density at radius 1 is 1.28 bits per heavy atom. The quantitative estimate of drug-likeness (QED) is 0.670. The average Bonchev–Trinajstić information content (AvgIpc) is 2.75. The Balaban J connectivity index is 1.85. The van der Waals surface area contributed by atoms with E-state index in [1.165, 1.54) is 11.3 Å². The van der Waals surface area contributed by atoms with Gasteiger partial charge in [0.15, 0.2) is 0 Å². The Bertz CT molecular complexity index is 341. The number of carboxylic acids is 1. The van der Waals surface area contributed by atoms with Gasteiger partial charge in [0.2, 0.25) is 0 Å². The molecule has 1 saturated carbocycles. The van der Waals surface area contributed by atoms with E-state index in [0.717, 1.165) is 25.7 Å². The summed E-state index contributed by atoms with van der Waals surface area (Å²) in [6.07, 6.45) is 5.90. The van der Waals surface area contributed by atoms with E-state index in [-0.39, 0.29) is 18.6 Å². The Kier molecular flexibility index (Phi) is 3.75. The highest BCUT2D eigenvalue weighted by Crippen LogP contribution is 2.21. The predicted molar refractivity (Wildman–Crippen MR) is 66.1 cm³/mol. The summed E-state index contributed by atoms with van der Waals surface area (Å²) in [7, 11) is 0. The lowest BCUT2D eigenvalue weighted by Crippen LogP contribution is -2.52. The molecule has 1 aliphatic carbocycles. The predicted octanol–water partition coefficient (Wildman–Crippen LogP) is 0.516. The third-order valence-corrected chi connectivity index (χ3v) is 3.95. The lowest BCUT2D eigenvalue weighted by atomic mass is 9.96. The van der Waals surface area contributed by atoms with Gasteiger partial charge in [0.05, 0.1) is 6.54 Å². The zero-order valence-corrected chi connectivity index (χ0v) is 10.5. The number of hydrogen-bond donors (Lipinski definition) is 3. The second-order valence-corrected chi connectivity index (χ2v) is 5.42. The van der Waals surface area contributed by atoms with Crippen molar-refractivity contribution in [3.05, 3.63) is 0 Å². The first-order valence-corrected chi connectivity index (χ1v) is 6.59. The van der Waals surface area contributed by atoms with Crippen LogP contribution < -0.4 is 11.1 Å². The number of nitrogens with two attached hydrogens (primary N) is 1. The van der Waals surface area contributed by atoms with E-state index in [0.29, 0.717) is 13.0 Å². The molecule has 2 rings (SSSR count). The van der Waals surface area contributed by atoms with Crippen LogP contribution in [-0.4, -0.2) is 46.7 Å². The van der Waals surface area contributed by atoms with Crippen LogP contribution >= 0.6 is 0 Å². The number of hydrogen-bond acceptors (Lipinski definition) is 3. The number of carbonyl (C=O) groups is 2. The highest BCUT2D eigenvalue weighted by molar-refractivity contribution is 5.82. The smallest absolute Gasteiger partial charge is 0.325 e. The zero-order chi connectivity index (χ0) is 13.2. The molecule has 1 aliphatic heterocycles. The van der Waals surface area contributed by atoms with Gasteiger partial charge < -0.3 is 21.1 Å². The number of likely N-dealkylation sites (tertiary alicyclic amines) is 1. The van der Waals surface area contributed by atoms with E-state index in [1.54, 1.807) is 0 Å². The molecule has 18 heavy (non-hydrogen) atoms. The van der Waals surface area contributed by atoms with Crippen LogP contribution in [-0.2, 0) is 4.79 Å². The summed E-state index contributed by atoms with van der Waals surface area (Å²) in [4.78, 5) is 24.5. The summed E-state index contributed by atoms with van der Waals surface area (Å²) >= 11 is 0. The number of aliphatic carboxylic acids is 1. The van der Waals surface area contributed by atoms with Crippen molar-refractivity contribution in [3.63, 3.8) is 0 Å². The molecule has 0 aromatic rings. The van der Waals surface area contributed by atoms with Crippen molar-refractivity contribution >= 4 is 12.0 Å². The second kappa shape index (κ2) is 5.14. The average molecular weight is 255 g/mol. The van der Waals surface area contributed by atoms with Crippen LogP contribution in [0.5, 0.6) is 0 Å². The first-order chi connectivity index (χ1) is 8.51. The van der Waals surface area contributed by atoms with Crippen LogP contribution in [0.2, 0.25) is 0 Å². The molecule has 6 heteroatoms. The summed E-state index contributed by atoms with van der Waals surface area (Å²) < 4.78 is 0. The van der Waals surface area contributed by atoms with Gasteiger partial charge in [-0.2, -0.15) is 0 Å². The van der Waals surface area contributed by atoms with E-state index >= 15 is 0 Å². The lowest BCUT2D eigenvalue weighted by Gasteiger charge is -2.26. The number of carbonyl (C=O) groups excluding carboxylic acids is 1. The largest absolute Gasteiger partial charge is 0.480 e. The molecule has 2 fully saturated rings. The Morgan fingerprint density at radius 3 is 2.50 bits per heavy atom. The molecule has 1 heterocycles. The lowest BCUT2D eigenvalue weighted by molar-refractivity contribution is -0.142. The minimum atomic E-state index is -1.27. The van der Waals surface area contributed by atoms with Crippen molar-refractivity contribution < 1.29 is 14.7 Å². The SMILES string of the molecule is NC1(C(=O)O)CCN(C(=O)NC2CCCCC2)C1. The summed E-state index contributed by atoms with van der Waals surface area (Å²) in [5.41, 5.74) is 4.47. The minimum Gasteiger partial charge on any atom is -0.480 e. The molecule has 0 radical (unpaired) electrons. The zero-order valence-electron chi connectivity index (χ0n) is 10.5. The molecule has 2 amide bonds. The van der Waals surface area contributed by atoms with Crippen molar-refractivity contribution in [2.24, 2.45) is 5.73 Å². The molecule has 1 unspecified atom stereocenters. The molecule has 0 bridgehead atoms. The van der Waals surface area contributed by atoms with Gasteiger partial charge >= 0.3 is 12.0 Å². The third-order valence-electron chi connectivity index (χ3n) is 3.95. The molecule has 0 aromatic carbocycles. The van der Waals surface area contributed by atoms with Crippen molar-refractivity contribution in [1.82, 2.24) is 10.2 Å². The van der Waals surface area contributed by atoms with Crippen LogP contribution in [0.1, 0.15) is 38.5 Å². The summed E-state index contributed by atoms with van der Waals surface area (Å²) in [6, 6.07) is 0.0688.